The normalized spacial score (nSPS) is 18.0. The first kappa shape index (κ1) is 16.4. The predicted molar refractivity (Wildman–Crippen MR) is 98.4 cm³/mol. The van der Waals surface area contributed by atoms with E-state index in [0.29, 0.717) is 6.04 Å². The quantitative estimate of drug-likeness (QED) is 0.482. The zero-order valence-electron chi connectivity index (χ0n) is 14.2. The van der Waals surface area contributed by atoms with Crippen LogP contribution in [0, 0.1) is 0 Å². The van der Waals surface area contributed by atoms with E-state index in [9.17, 15) is 0 Å². The maximum absolute atomic E-state index is 4.34. The summed E-state index contributed by atoms with van der Waals surface area (Å²) in [5.74, 6) is 0.885. The third-order valence-corrected chi connectivity index (χ3v) is 4.29. The highest BCUT2D eigenvalue weighted by molar-refractivity contribution is 5.80. The molecule has 2 heterocycles. The van der Waals surface area contributed by atoms with E-state index in [4.69, 9.17) is 0 Å². The van der Waals surface area contributed by atoms with Gasteiger partial charge in [-0.3, -0.25) is 9.67 Å². The second-order valence-corrected chi connectivity index (χ2v) is 6.03. The molecule has 24 heavy (non-hydrogen) atoms. The van der Waals surface area contributed by atoms with E-state index < -0.39 is 0 Å². The lowest BCUT2D eigenvalue weighted by atomic mass is 10.3. The third kappa shape index (κ3) is 4.50. The standard InChI is InChI=1S/C18H26N6/c1-19-18(20-10-5-12-24-13-6-11-21-24)22-16-9-14-23(15-16)17-7-3-2-4-8-17/h2-4,6-8,11,13,16H,5,9-10,12,14-15H2,1H3,(H2,19,20,22). The van der Waals surface area contributed by atoms with Crippen molar-refractivity contribution in [3.8, 4) is 0 Å². The highest BCUT2D eigenvalue weighted by Crippen LogP contribution is 2.19. The van der Waals surface area contributed by atoms with E-state index in [1.807, 2.05) is 30.2 Å². The highest BCUT2D eigenvalue weighted by Gasteiger charge is 2.23. The average molecular weight is 326 g/mol. The maximum Gasteiger partial charge on any atom is 0.191 e. The molecule has 1 aromatic carbocycles. The molecule has 0 spiro atoms. The molecular formula is C18H26N6. The largest absolute Gasteiger partial charge is 0.369 e. The summed E-state index contributed by atoms with van der Waals surface area (Å²) in [6.07, 6.45) is 5.95. The number of hydrogen-bond acceptors (Lipinski definition) is 3. The molecule has 1 fully saturated rings. The molecule has 3 rings (SSSR count). The Morgan fingerprint density at radius 3 is 2.92 bits per heavy atom. The van der Waals surface area contributed by atoms with Crippen LogP contribution in [0.4, 0.5) is 5.69 Å². The smallest absolute Gasteiger partial charge is 0.191 e. The van der Waals surface area contributed by atoms with E-state index in [0.717, 1.165) is 45.0 Å². The van der Waals surface area contributed by atoms with Gasteiger partial charge in [-0.15, -0.1) is 0 Å². The van der Waals surface area contributed by atoms with Gasteiger partial charge in [0.1, 0.15) is 0 Å². The molecule has 0 aliphatic carbocycles. The first-order valence-electron chi connectivity index (χ1n) is 8.60. The van der Waals surface area contributed by atoms with E-state index >= 15 is 0 Å². The minimum atomic E-state index is 0.433. The number of hydrogen-bond donors (Lipinski definition) is 2. The average Bonchev–Trinajstić information content (AvgIpc) is 3.30. The Bertz CT molecular complexity index is 622. The summed E-state index contributed by atoms with van der Waals surface area (Å²) in [5.41, 5.74) is 1.30. The van der Waals surface area contributed by atoms with Crippen LogP contribution in [0.25, 0.3) is 0 Å². The third-order valence-electron chi connectivity index (χ3n) is 4.29. The molecule has 1 saturated heterocycles. The molecule has 0 bridgehead atoms. The SMILES string of the molecule is CN=C(NCCCn1cccn1)NC1CCN(c2ccccc2)C1. The zero-order chi connectivity index (χ0) is 16.6. The van der Waals surface area contributed by atoms with Crippen molar-refractivity contribution >= 4 is 11.6 Å². The van der Waals surface area contributed by atoms with Crippen LogP contribution in [0.3, 0.4) is 0 Å². The first-order chi connectivity index (χ1) is 11.8. The van der Waals surface area contributed by atoms with Gasteiger partial charge in [0.2, 0.25) is 0 Å². The van der Waals surface area contributed by atoms with Gasteiger partial charge in [0.25, 0.3) is 0 Å². The van der Waals surface area contributed by atoms with Gasteiger partial charge in [0.15, 0.2) is 5.96 Å². The Kier molecular flexibility index (Phi) is 5.71. The van der Waals surface area contributed by atoms with Gasteiger partial charge in [-0.25, -0.2) is 0 Å². The maximum atomic E-state index is 4.34. The second kappa shape index (κ2) is 8.38. The van der Waals surface area contributed by atoms with Gasteiger partial charge in [0.05, 0.1) is 0 Å². The van der Waals surface area contributed by atoms with E-state index in [1.54, 1.807) is 0 Å². The van der Waals surface area contributed by atoms with Crippen molar-refractivity contribution in [2.24, 2.45) is 4.99 Å². The number of aromatic nitrogens is 2. The van der Waals surface area contributed by atoms with E-state index in [1.165, 1.54) is 5.69 Å². The fourth-order valence-electron chi connectivity index (χ4n) is 3.02. The summed E-state index contributed by atoms with van der Waals surface area (Å²) in [4.78, 5) is 6.76. The van der Waals surface area contributed by atoms with Crippen molar-refractivity contribution < 1.29 is 0 Å². The summed E-state index contributed by atoms with van der Waals surface area (Å²) in [6.45, 7) is 3.90. The van der Waals surface area contributed by atoms with Crippen LogP contribution in [0.5, 0.6) is 0 Å². The Balaban J connectivity index is 1.39. The van der Waals surface area contributed by atoms with Crippen molar-refractivity contribution in [2.75, 3.05) is 31.6 Å². The predicted octanol–water partition coefficient (Wildman–Crippen LogP) is 1.72. The lowest BCUT2D eigenvalue weighted by molar-refractivity contribution is 0.566. The number of aliphatic imine (C=N–C) groups is 1. The number of rotatable bonds is 6. The molecule has 1 atom stereocenters. The number of benzene rings is 1. The van der Waals surface area contributed by atoms with Crippen LogP contribution in [-0.4, -0.2) is 48.5 Å². The van der Waals surface area contributed by atoms with Crippen LogP contribution in [0.1, 0.15) is 12.8 Å². The number of para-hydroxylation sites is 1. The molecule has 2 aromatic rings. The molecule has 0 amide bonds. The highest BCUT2D eigenvalue weighted by atomic mass is 15.3. The zero-order valence-corrected chi connectivity index (χ0v) is 14.2. The van der Waals surface area contributed by atoms with Crippen molar-refractivity contribution in [3.63, 3.8) is 0 Å². The lowest BCUT2D eigenvalue weighted by Crippen LogP contribution is -2.45. The van der Waals surface area contributed by atoms with Crippen LogP contribution in [0.15, 0.2) is 53.8 Å². The molecule has 128 valence electrons. The monoisotopic (exact) mass is 326 g/mol. The van der Waals surface area contributed by atoms with Crippen molar-refractivity contribution in [1.29, 1.82) is 0 Å². The summed E-state index contributed by atoms with van der Waals surface area (Å²) < 4.78 is 1.95. The molecule has 0 radical (unpaired) electrons. The van der Waals surface area contributed by atoms with E-state index in [-0.39, 0.29) is 0 Å². The number of aryl methyl sites for hydroxylation is 1. The van der Waals surface area contributed by atoms with E-state index in [2.05, 4.69) is 56.0 Å². The topological polar surface area (TPSA) is 57.5 Å². The molecule has 1 aliphatic rings. The van der Waals surface area contributed by atoms with Crippen LogP contribution in [0.2, 0.25) is 0 Å². The molecule has 0 saturated carbocycles. The summed E-state index contributed by atoms with van der Waals surface area (Å²) in [6, 6.07) is 13.0. The van der Waals surface area contributed by atoms with Crippen molar-refractivity contribution in [2.45, 2.75) is 25.4 Å². The molecule has 6 nitrogen and oxygen atoms in total. The van der Waals surface area contributed by atoms with Crippen LogP contribution >= 0.6 is 0 Å². The fraction of sp³-hybridized carbons (Fsp3) is 0.444. The second-order valence-electron chi connectivity index (χ2n) is 6.03. The molecule has 1 aliphatic heterocycles. The Labute approximate surface area is 143 Å². The summed E-state index contributed by atoms with van der Waals surface area (Å²) in [7, 11) is 1.83. The van der Waals surface area contributed by atoms with Crippen LogP contribution < -0.4 is 15.5 Å². The Morgan fingerprint density at radius 2 is 2.17 bits per heavy atom. The lowest BCUT2D eigenvalue weighted by Gasteiger charge is -2.20. The first-order valence-corrected chi connectivity index (χ1v) is 8.60. The van der Waals surface area contributed by atoms with Gasteiger partial charge in [-0.05, 0) is 31.0 Å². The van der Waals surface area contributed by atoms with Crippen molar-refractivity contribution in [1.82, 2.24) is 20.4 Å². The van der Waals surface area contributed by atoms with Gasteiger partial charge in [-0.1, -0.05) is 18.2 Å². The minimum Gasteiger partial charge on any atom is -0.369 e. The minimum absolute atomic E-state index is 0.433. The summed E-state index contributed by atoms with van der Waals surface area (Å²) >= 11 is 0. The Hall–Kier alpha value is -2.50. The van der Waals surface area contributed by atoms with Gasteiger partial charge < -0.3 is 15.5 Å². The Morgan fingerprint density at radius 1 is 1.29 bits per heavy atom. The van der Waals surface area contributed by atoms with Gasteiger partial charge >= 0.3 is 0 Å². The number of nitrogens with one attached hydrogen (secondary N) is 2. The summed E-state index contributed by atoms with van der Waals surface area (Å²) in [5, 5.41) is 11.1. The van der Waals surface area contributed by atoms with Gasteiger partial charge in [-0.2, -0.15) is 5.10 Å². The van der Waals surface area contributed by atoms with Crippen LogP contribution in [-0.2, 0) is 6.54 Å². The number of anilines is 1. The number of guanidine groups is 1. The molecule has 2 N–H and O–H groups in total. The molecule has 1 aromatic heterocycles. The van der Waals surface area contributed by atoms with Gasteiger partial charge in [0, 0.05) is 57.3 Å². The number of nitrogens with zero attached hydrogens (tertiary/aromatic N) is 4. The van der Waals surface area contributed by atoms with Crippen molar-refractivity contribution in [3.05, 3.63) is 48.8 Å². The molecule has 6 heteroatoms. The fourth-order valence-corrected chi connectivity index (χ4v) is 3.02. The molecule has 1 unspecified atom stereocenters. The molecular weight excluding hydrogens is 300 g/mol.